The highest BCUT2D eigenvalue weighted by atomic mass is 32.2. The van der Waals surface area contributed by atoms with E-state index < -0.39 is 33.5 Å². The van der Waals surface area contributed by atoms with E-state index in [1.165, 1.54) is 55.0 Å². The van der Waals surface area contributed by atoms with Gasteiger partial charge in [-0.3, -0.25) is 4.79 Å². The molecule has 0 unspecified atom stereocenters. The third-order valence-electron chi connectivity index (χ3n) is 6.78. The minimum absolute atomic E-state index is 0.0363. The van der Waals surface area contributed by atoms with Crippen molar-refractivity contribution in [2.24, 2.45) is 0 Å². The first kappa shape index (κ1) is 29.3. The van der Waals surface area contributed by atoms with Crippen molar-refractivity contribution in [2.75, 3.05) is 33.3 Å². The summed E-state index contributed by atoms with van der Waals surface area (Å²) in [5, 5.41) is 2.59. The number of amides is 1. The lowest BCUT2D eigenvalue weighted by Gasteiger charge is -2.26. The number of nitrogens with one attached hydrogen (secondary N) is 2. The highest BCUT2D eigenvalue weighted by molar-refractivity contribution is 7.89. The van der Waals surface area contributed by atoms with Gasteiger partial charge in [-0.1, -0.05) is 36.8 Å². The lowest BCUT2D eigenvalue weighted by Crippen LogP contribution is -2.37. The van der Waals surface area contributed by atoms with Gasteiger partial charge >= 0.3 is 5.97 Å². The van der Waals surface area contributed by atoms with Gasteiger partial charge in [-0.05, 0) is 67.4 Å². The number of ether oxygens (including phenoxy) is 1. The molecule has 0 saturated carbocycles. The summed E-state index contributed by atoms with van der Waals surface area (Å²) in [6.45, 7) is 2.63. The van der Waals surface area contributed by atoms with Crippen LogP contribution in [0.2, 0.25) is 0 Å². The van der Waals surface area contributed by atoms with E-state index in [0.717, 1.165) is 45.2 Å². The second kappa shape index (κ2) is 13.1. The summed E-state index contributed by atoms with van der Waals surface area (Å²) in [5.74, 6) is -2.92. The van der Waals surface area contributed by atoms with Crippen molar-refractivity contribution >= 4 is 21.9 Å². The number of esters is 1. The van der Waals surface area contributed by atoms with Crippen LogP contribution in [0.3, 0.4) is 0 Å². The molecule has 8 nitrogen and oxygen atoms in total. The van der Waals surface area contributed by atoms with Gasteiger partial charge in [0.15, 0.2) is 0 Å². The topological polar surface area (TPSA) is 105 Å². The zero-order valence-electron chi connectivity index (χ0n) is 22.1. The summed E-state index contributed by atoms with van der Waals surface area (Å²) < 4.78 is 62.0. The van der Waals surface area contributed by atoms with E-state index in [4.69, 9.17) is 0 Å². The first-order chi connectivity index (χ1) is 19.2. The maximum absolute atomic E-state index is 14.9. The Labute approximate surface area is 232 Å². The molecular formula is C29H31F2N3O5S. The van der Waals surface area contributed by atoms with Crippen LogP contribution in [0.1, 0.15) is 45.5 Å². The second-order valence-corrected chi connectivity index (χ2v) is 11.2. The molecule has 1 heterocycles. The van der Waals surface area contributed by atoms with Gasteiger partial charge in [-0.25, -0.2) is 26.7 Å². The molecule has 0 aliphatic carbocycles. The number of sulfonamides is 1. The Morgan fingerprint density at radius 1 is 0.950 bits per heavy atom. The van der Waals surface area contributed by atoms with Gasteiger partial charge in [0.05, 0.1) is 12.0 Å². The van der Waals surface area contributed by atoms with Crippen molar-refractivity contribution in [3.8, 4) is 11.1 Å². The van der Waals surface area contributed by atoms with Crippen LogP contribution < -0.4 is 10.0 Å². The minimum Gasteiger partial charge on any atom is -0.465 e. The molecule has 40 heavy (non-hydrogen) atoms. The van der Waals surface area contributed by atoms with E-state index in [2.05, 4.69) is 19.7 Å². The summed E-state index contributed by atoms with van der Waals surface area (Å²) in [7, 11) is -2.69. The van der Waals surface area contributed by atoms with Crippen molar-refractivity contribution in [2.45, 2.75) is 30.7 Å². The van der Waals surface area contributed by atoms with E-state index in [9.17, 15) is 26.8 Å². The summed E-state index contributed by atoms with van der Waals surface area (Å²) >= 11 is 0. The molecule has 0 spiro atoms. The minimum atomic E-state index is -3.81. The largest absolute Gasteiger partial charge is 0.465 e. The van der Waals surface area contributed by atoms with Crippen molar-refractivity contribution in [1.82, 2.24) is 14.9 Å². The summed E-state index contributed by atoms with van der Waals surface area (Å²) in [6.07, 6.45) is 3.42. The van der Waals surface area contributed by atoms with Gasteiger partial charge in [0.2, 0.25) is 10.0 Å². The molecule has 1 aliphatic heterocycles. The van der Waals surface area contributed by atoms with E-state index in [1.54, 1.807) is 0 Å². The van der Waals surface area contributed by atoms with Gasteiger partial charge in [0, 0.05) is 30.8 Å². The van der Waals surface area contributed by atoms with Gasteiger partial charge < -0.3 is 15.0 Å². The van der Waals surface area contributed by atoms with Crippen LogP contribution in [0.5, 0.6) is 0 Å². The first-order valence-corrected chi connectivity index (χ1v) is 14.4. The molecule has 4 rings (SSSR count). The maximum atomic E-state index is 14.9. The zero-order chi connectivity index (χ0) is 28.7. The SMILES string of the molecule is COC(=O)c1c(F)cccc1-c1ccc(CNC(=O)c2cccc(S(=O)(=O)NCCN3CCCCC3)c2)c(F)c1. The second-order valence-electron chi connectivity index (χ2n) is 9.47. The molecule has 212 valence electrons. The van der Waals surface area contributed by atoms with Crippen LogP contribution in [-0.2, 0) is 21.3 Å². The highest BCUT2D eigenvalue weighted by Crippen LogP contribution is 2.28. The molecule has 2 N–H and O–H groups in total. The van der Waals surface area contributed by atoms with Crippen LogP contribution in [0.15, 0.2) is 65.6 Å². The molecule has 0 aromatic heterocycles. The summed E-state index contributed by atoms with van der Waals surface area (Å²) in [5.41, 5.74) is 0.387. The van der Waals surface area contributed by atoms with E-state index >= 15 is 0 Å². The number of halogens is 2. The van der Waals surface area contributed by atoms with E-state index in [1.807, 2.05) is 0 Å². The molecule has 3 aromatic carbocycles. The smallest absolute Gasteiger partial charge is 0.341 e. The molecule has 11 heteroatoms. The van der Waals surface area contributed by atoms with E-state index in [-0.39, 0.29) is 45.8 Å². The number of hydrogen-bond acceptors (Lipinski definition) is 6. The molecule has 1 aliphatic rings. The van der Waals surface area contributed by atoms with Gasteiger partial charge in [0.25, 0.3) is 5.91 Å². The number of piperidine rings is 1. The van der Waals surface area contributed by atoms with Gasteiger partial charge in [0.1, 0.15) is 17.2 Å². The fraction of sp³-hybridized carbons (Fsp3) is 0.310. The van der Waals surface area contributed by atoms with Crippen molar-refractivity contribution in [3.05, 3.63) is 89.0 Å². The van der Waals surface area contributed by atoms with Crippen LogP contribution in [0.25, 0.3) is 11.1 Å². The Hall–Kier alpha value is -3.67. The normalized spacial score (nSPS) is 14.1. The fourth-order valence-corrected chi connectivity index (χ4v) is 5.69. The van der Waals surface area contributed by atoms with Gasteiger partial charge in [-0.2, -0.15) is 0 Å². The number of hydrogen-bond donors (Lipinski definition) is 2. The predicted molar refractivity (Wildman–Crippen MR) is 146 cm³/mol. The Balaban J connectivity index is 1.40. The standard InChI is InChI=1S/C29H31F2N3O5S/c1-39-29(36)27-24(9-6-10-25(27)30)20-11-12-22(26(31)18-20)19-32-28(35)21-7-5-8-23(17-21)40(37,38)33-13-16-34-14-3-2-4-15-34/h5-12,17-18,33H,2-4,13-16,19H2,1H3,(H,32,35). The van der Waals surface area contributed by atoms with Crippen molar-refractivity contribution < 1.29 is 31.5 Å². The average Bonchev–Trinajstić information content (AvgIpc) is 2.96. The fourth-order valence-electron chi connectivity index (χ4n) is 4.62. The number of methoxy groups -OCH3 is 1. The third kappa shape index (κ3) is 7.09. The van der Waals surface area contributed by atoms with Crippen LogP contribution in [0, 0.1) is 11.6 Å². The van der Waals surface area contributed by atoms with Crippen LogP contribution in [-0.4, -0.2) is 58.5 Å². The number of likely N-dealkylation sites (tertiary alicyclic amines) is 1. The number of rotatable bonds is 10. The Morgan fingerprint density at radius 2 is 1.70 bits per heavy atom. The third-order valence-corrected chi connectivity index (χ3v) is 8.24. The van der Waals surface area contributed by atoms with Gasteiger partial charge in [-0.15, -0.1) is 0 Å². The van der Waals surface area contributed by atoms with Crippen molar-refractivity contribution in [1.29, 1.82) is 0 Å². The number of carbonyl (C=O) groups is 2. The van der Waals surface area contributed by atoms with E-state index in [0.29, 0.717) is 6.54 Å². The molecule has 1 fully saturated rings. The lowest BCUT2D eigenvalue weighted by molar-refractivity contribution is 0.0596. The quantitative estimate of drug-likeness (QED) is 0.355. The monoisotopic (exact) mass is 571 g/mol. The lowest BCUT2D eigenvalue weighted by atomic mass is 9.98. The molecule has 3 aromatic rings. The molecule has 1 saturated heterocycles. The molecule has 0 radical (unpaired) electrons. The molecular weight excluding hydrogens is 540 g/mol. The molecule has 1 amide bonds. The zero-order valence-corrected chi connectivity index (χ0v) is 22.9. The van der Waals surface area contributed by atoms with Crippen molar-refractivity contribution in [3.63, 3.8) is 0 Å². The maximum Gasteiger partial charge on any atom is 0.341 e. The predicted octanol–water partition coefficient (Wildman–Crippen LogP) is 4.11. The Kier molecular flexibility index (Phi) is 9.62. The summed E-state index contributed by atoms with van der Waals surface area (Å²) in [6, 6.07) is 13.7. The Morgan fingerprint density at radius 3 is 2.42 bits per heavy atom. The molecule has 0 bridgehead atoms. The number of benzene rings is 3. The Bertz CT molecular complexity index is 1490. The number of carbonyl (C=O) groups excluding carboxylic acids is 2. The number of nitrogens with zero attached hydrogens (tertiary/aromatic N) is 1. The summed E-state index contributed by atoms with van der Waals surface area (Å²) in [4.78, 5) is 27.0. The van der Waals surface area contributed by atoms with Crippen LogP contribution >= 0.6 is 0 Å². The van der Waals surface area contributed by atoms with Crippen LogP contribution in [0.4, 0.5) is 8.78 Å². The first-order valence-electron chi connectivity index (χ1n) is 13.0. The molecule has 0 atom stereocenters. The highest BCUT2D eigenvalue weighted by Gasteiger charge is 2.20. The average molecular weight is 572 g/mol.